The van der Waals surface area contributed by atoms with Crippen molar-refractivity contribution in [1.82, 2.24) is 24.0 Å². The average Bonchev–Trinajstić information content (AvgIpc) is 3.49. The van der Waals surface area contributed by atoms with Crippen molar-refractivity contribution in [3.8, 4) is 5.69 Å². The van der Waals surface area contributed by atoms with Gasteiger partial charge < -0.3 is 0 Å². The molecule has 3 heterocycles. The molecule has 2 aromatic carbocycles. The van der Waals surface area contributed by atoms with Crippen LogP contribution in [0, 0.1) is 25.6 Å². The third-order valence-electron chi connectivity index (χ3n) is 6.91. The van der Waals surface area contributed by atoms with E-state index in [-0.39, 0.29) is 12.4 Å². The number of alkyl halides is 3. The molecule has 1 aliphatic heterocycles. The van der Waals surface area contributed by atoms with Crippen LogP contribution in [0.15, 0.2) is 53.0 Å². The molecule has 5 rings (SSSR count). The Hall–Kier alpha value is -2.67. The second kappa shape index (κ2) is 10.5. The predicted molar refractivity (Wildman–Crippen MR) is 140 cm³/mol. The van der Waals surface area contributed by atoms with Crippen LogP contribution in [0.2, 0.25) is 0 Å². The number of halogens is 4. The molecule has 0 aliphatic carbocycles. The van der Waals surface area contributed by atoms with Crippen LogP contribution in [0.3, 0.4) is 0 Å². The first-order valence-electron chi connectivity index (χ1n) is 12.2. The standard InChI is InChI=1S/C26H27F4N5OS2/c1-16-10-23-19(12-32-35(23)21-6-4-20(27)5-7-21)11-22(16)24-15-34(38(36)25-13-31-18(3)37-25)9-8-33(24)14-17(2)26(28,29)30/h4-7,10-13,17,24H,8-9,14-15H2,1-3H3. The van der Waals surface area contributed by atoms with Gasteiger partial charge >= 0.3 is 6.18 Å². The highest BCUT2D eigenvalue weighted by Crippen LogP contribution is 2.36. The van der Waals surface area contributed by atoms with Gasteiger partial charge in [-0.2, -0.15) is 18.3 Å². The molecule has 12 heteroatoms. The zero-order valence-electron chi connectivity index (χ0n) is 21.1. The number of rotatable bonds is 6. The molecule has 1 fully saturated rings. The van der Waals surface area contributed by atoms with Crippen LogP contribution in [0.4, 0.5) is 17.6 Å². The molecule has 3 unspecified atom stereocenters. The van der Waals surface area contributed by atoms with Crippen molar-refractivity contribution >= 4 is 33.2 Å². The van der Waals surface area contributed by atoms with Crippen LogP contribution in [-0.4, -0.2) is 60.5 Å². The van der Waals surface area contributed by atoms with Gasteiger partial charge in [0.05, 0.1) is 34.5 Å². The molecule has 1 saturated heterocycles. The lowest BCUT2D eigenvalue weighted by atomic mass is 9.95. The Morgan fingerprint density at radius 1 is 1.13 bits per heavy atom. The lowest BCUT2D eigenvalue weighted by Gasteiger charge is -2.42. The summed E-state index contributed by atoms with van der Waals surface area (Å²) >= 11 is 1.36. The zero-order valence-corrected chi connectivity index (χ0v) is 22.7. The van der Waals surface area contributed by atoms with Crippen molar-refractivity contribution in [2.75, 3.05) is 26.2 Å². The number of fused-ring (bicyclic) bond motifs is 1. The molecular weight excluding hydrogens is 538 g/mol. The molecule has 0 saturated carbocycles. The average molecular weight is 566 g/mol. The maximum atomic E-state index is 13.5. The lowest BCUT2D eigenvalue weighted by Crippen LogP contribution is -2.51. The summed E-state index contributed by atoms with van der Waals surface area (Å²) < 4.78 is 71.5. The molecule has 6 nitrogen and oxygen atoms in total. The summed E-state index contributed by atoms with van der Waals surface area (Å²) in [5, 5.41) is 6.10. The predicted octanol–water partition coefficient (Wildman–Crippen LogP) is 5.82. The van der Waals surface area contributed by atoms with Gasteiger partial charge in [-0.25, -0.2) is 22.6 Å². The summed E-state index contributed by atoms with van der Waals surface area (Å²) in [6.45, 7) is 5.85. The van der Waals surface area contributed by atoms with Crippen molar-refractivity contribution in [3.05, 3.63) is 70.7 Å². The number of nitrogens with zero attached hydrogens (tertiary/aromatic N) is 5. The van der Waals surface area contributed by atoms with Crippen molar-refractivity contribution in [2.45, 2.75) is 37.2 Å². The highest BCUT2D eigenvalue weighted by atomic mass is 32.2. The molecular formula is C26H27F4N5OS2. The van der Waals surface area contributed by atoms with Gasteiger partial charge in [-0.1, -0.05) is 6.92 Å². The quantitative estimate of drug-likeness (QED) is 0.277. The van der Waals surface area contributed by atoms with Gasteiger partial charge in [-0.3, -0.25) is 4.90 Å². The fourth-order valence-electron chi connectivity index (χ4n) is 4.81. The second-order valence-electron chi connectivity index (χ2n) is 9.59. The van der Waals surface area contributed by atoms with Crippen molar-refractivity contribution in [3.63, 3.8) is 0 Å². The van der Waals surface area contributed by atoms with E-state index in [4.69, 9.17) is 0 Å². The van der Waals surface area contributed by atoms with E-state index in [0.29, 0.717) is 29.5 Å². The Morgan fingerprint density at radius 3 is 2.53 bits per heavy atom. The number of thiazole rings is 1. The summed E-state index contributed by atoms with van der Waals surface area (Å²) in [5.74, 6) is -1.85. The van der Waals surface area contributed by atoms with Gasteiger partial charge in [0.15, 0.2) is 0 Å². The van der Waals surface area contributed by atoms with Gasteiger partial charge in [0.1, 0.15) is 21.0 Å². The molecule has 4 aromatic rings. The minimum absolute atomic E-state index is 0.152. The molecule has 0 spiro atoms. The molecule has 0 bridgehead atoms. The maximum absolute atomic E-state index is 13.5. The summed E-state index contributed by atoms with van der Waals surface area (Å²) in [6.07, 6.45) is -1.01. The molecule has 0 N–H and O–H groups in total. The van der Waals surface area contributed by atoms with E-state index in [1.807, 2.05) is 35.2 Å². The van der Waals surface area contributed by atoms with E-state index in [9.17, 15) is 21.8 Å². The SMILES string of the molecule is Cc1ncc(S(=O)N2CCN(CC(C)C(F)(F)F)C(c3cc4cnn(-c5ccc(F)cc5)c4cc3C)C2)s1. The maximum Gasteiger partial charge on any atom is 0.392 e. The Labute approximate surface area is 224 Å². The van der Waals surface area contributed by atoms with Crippen LogP contribution < -0.4 is 0 Å². The van der Waals surface area contributed by atoms with Crippen LogP contribution >= 0.6 is 11.3 Å². The number of benzene rings is 2. The smallest absolute Gasteiger partial charge is 0.293 e. The summed E-state index contributed by atoms with van der Waals surface area (Å²) in [7, 11) is -1.45. The second-order valence-corrected chi connectivity index (χ2v) is 12.5. The number of piperazine rings is 1. The molecule has 38 heavy (non-hydrogen) atoms. The number of aromatic nitrogens is 3. The molecule has 0 radical (unpaired) electrons. The highest BCUT2D eigenvalue weighted by Gasteiger charge is 2.40. The van der Waals surface area contributed by atoms with E-state index >= 15 is 0 Å². The Morgan fingerprint density at radius 2 is 1.87 bits per heavy atom. The van der Waals surface area contributed by atoms with Gasteiger partial charge in [0.2, 0.25) is 0 Å². The fourth-order valence-corrected chi connectivity index (χ4v) is 7.19. The first-order valence-corrected chi connectivity index (χ1v) is 14.1. The third kappa shape index (κ3) is 5.40. The van der Waals surface area contributed by atoms with Crippen LogP contribution in [0.1, 0.15) is 29.1 Å². The van der Waals surface area contributed by atoms with Gasteiger partial charge in [-0.05, 0) is 61.4 Å². The van der Waals surface area contributed by atoms with Gasteiger partial charge in [-0.15, -0.1) is 11.3 Å². The van der Waals surface area contributed by atoms with Crippen LogP contribution in [0.25, 0.3) is 16.6 Å². The Bertz CT molecular complexity index is 1470. The van der Waals surface area contributed by atoms with Crippen molar-refractivity contribution in [1.29, 1.82) is 0 Å². The normalized spacial score (nSPS) is 19.2. The lowest BCUT2D eigenvalue weighted by molar-refractivity contribution is -0.176. The summed E-state index contributed by atoms with van der Waals surface area (Å²) in [4.78, 5) is 6.05. The fraction of sp³-hybridized carbons (Fsp3) is 0.385. The van der Waals surface area contributed by atoms with Gasteiger partial charge in [0, 0.05) is 37.6 Å². The number of hydrogen-bond acceptors (Lipinski definition) is 5. The molecule has 2 aromatic heterocycles. The molecule has 0 amide bonds. The topological polar surface area (TPSA) is 54.3 Å². The number of hydrogen-bond donors (Lipinski definition) is 0. The Balaban J connectivity index is 1.51. The van der Waals surface area contributed by atoms with E-state index in [1.54, 1.807) is 29.2 Å². The minimum atomic E-state index is -4.31. The summed E-state index contributed by atoms with van der Waals surface area (Å²) in [5.41, 5.74) is 3.27. The van der Waals surface area contributed by atoms with E-state index in [0.717, 1.165) is 27.0 Å². The zero-order chi connectivity index (χ0) is 27.2. The monoisotopic (exact) mass is 565 g/mol. The Kier molecular flexibility index (Phi) is 7.42. The van der Waals surface area contributed by atoms with Crippen LogP contribution in [0.5, 0.6) is 0 Å². The number of aryl methyl sites for hydroxylation is 2. The molecule has 202 valence electrons. The van der Waals surface area contributed by atoms with Gasteiger partial charge in [0.25, 0.3) is 0 Å². The first-order chi connectivity index (χ1) is 18.0. The van der Waals surface area contributed by atoms with E-state index in [2.05, 4.69) is 10.1 Å². The van der Waals surface area contributed by atoms with E-state index < -0.39 is 29.1 Å². The van der Waals surface area contributed by atoms with Crippen LogP contribution in [-0.2, 0) is 11.0 Å². The van der Waals surface area contributed by atoms with Crippen molar-refractivity contribution in [2.24, 2.45) is 5.92 Å². The largest absolute Gasteiger partial charge is 0.392 e. The molecule has 3 atom stereocenters. The first kappa shape index (κ1) is 26.9. The van der Waals surface area contributed by atoms with E-state index in [1.165, 1.54) is 30.4 Å². The highest BCUT2D eigenvalue weighted by molar-refractivity contribution is 7.85. The third-order valence-corrected chi connectivity index (χ3v) is 9.55. The van der Waals surface area contributed by atoms with Crippen molar-refractivity contribution < 1.29 is 21.8 Å². The molecule has 1 aliphatic rings. The minimum Gasteiger partial charge on any atom is -0.293 e. The summed E-state index contributed by atoms with van der Waals surface area (Å²) in [6, 6.07) is 9.52.